The number of nitrogens with two attached hydrogens (primary N) is 1. The molecule has 3 rings (SSSR count). The number of allylic oxidation sites excluding steroid dienone is 1. The Morgan fingerprint density at radius 1 is 1.00 bits per heavy atom. The Bertz CT molecular complexity index is 1360. The molecule has 222 valence electrons. The number of para-hydroxylation sites is 2. The van der Waals surface area contributed by atoms with Crippen molar-refractivity contribution in [3.05, 3.63) is 96.1 Å². The highest BCUT2D eigenvalue weighted by atomic mass is 16.6. The predicted molar refractivity (Wildman–Crippen MR) is 162 cm³/mol. The predicted octanol–water partition coefficient (Wildman–Crippen LogP) is 5.51. The molecule has 0 heterocycles. The average Bonchev–Trinajstić information content (AvgIpc) is 2.98. The number of ether oxygens (including phenoxy) is 3. The number of benzene rings is 3. The van der Waals surface area contributed by atoms with Crippen LogP contribution in [0.15, 0.2) is 84.9 Å². The van der Waals surface area contributed by atoms with E-state index in [-0.39, 0.29) is 24.9 Å². The van der Waals surface area contributed by atoms with Gasteiger partial charge in [0.05, 0.1) is 24.1 Å². The van der Waals surface area contributed by atoms with Crippen molar-refractivity contribution in [1.29, 1.82) is 0 Å². The molecule has 0 saturated carbocycles. The van der Waals surface area contributed by atoms with Gasteiger partial charge in [-0.2, -0.15) is 0 Å². The van der Waals surface area contributed by atoms with Gasteiger partial charge >= 0.3 is 6.09 Å². The number of aliphatic hydroxyl groups excluding tert-OH is 1. The second-order valence-electron chi connectivity index (χ2n) is 9.28. The number of nitrogen functional groups attached to an aromatic ring is 1. The van der Waals surface area contributed by atoms with Crippen LogP contribution < -0.4 is 21.1 Å². The van der Waals surface area contributed by atoms with Gasteiger partial charge in [0.2, 0.25) is 5.91 Å². The number of hydrogen-bond acceptors (Lipinski definition) is 8. The van der Waals surface area contributed by atoms with E-state index in [1.807, 2.05) is 6.92 Å². The first kappa shape index (κ1) is 31.9. The summed E-state index contributed by atoms with van der Waals surface area (Å²) >= 11 is 0. The molecule has 2 amide bonds. The van der Waals surface area contributed by atoms with Crippen molar-refractivity contribution in [2.75, 3.05) is 36.2 Å². The molecule has 0 fully saturated rings. The highest BCUT2D eigenvalue weighted by molar-refractivity contribution is 6.01. The summed E-state index contributed by atoms with van der Waals surface area (Å²) in [5, 5.41) is 14.6. The van der Waals surface area contributed by atoms with Crippen molar-refractivity contribution in [1.82, 2.24) is 0 Å². The standard InChI is InChI=1S/C32H37N3O7/c1-3-40-29(13-6-7-14-30(38)35-28-12-5-4-11-27(28)33)31(24-9-8-10-26(21-24)41-20-19-36)42-32(39)34-25-17-15-23(16-18-25)22(2)37/h4-5,7-12,14-18,21,29,31,36H,3,6,13,19-20,33H2,1-2H3,(H,34,39)(H,35,38)/b14-7+/t29-,31-/m0/s1. The third-order valence-electron chi connectivity index (χ3n) is 6.14. The molecule has 0 aliphatic rings. The Hall–Kier alpha value is -4.67. The fourth-order valence-electron chi connectivity index (χ4n) is 4.13. The Morgan fingerprint density at radius 3 is 2.45 bits per heavy atom. The van der Waals surface area contributed by atoms with E-state index in [4.69, 9.17) is 25.1 Å². The van der Waals surface area contributed by atoms with Gasteiger partial charge in [-0.05, 0) is 86.9 Å². The quantitative estimate of drug-likeness (QED) is 0.105. The van der Waals surface area contributed by atoms with Gasteiger partial charge < -0.3 is 30.4 Å². The van der Waals surface area contributed by atoms with Crippen LogP contribution in [0.3, 0.4) is 0 Å². The summed E-state index contributed by atoms with van der Waals surface area (Å²) in [6, 6.07) is 20.5. The van der Waals surface area contributed by atoms with E-state index < -0.39 is 18.3 Å². The van der Waals surface area contributed by atoms with Gasteiger partial charge in [-0.25, -0.2) is 4.79 Å². The second kappa shape index (κ2) is 16.6. The van der Waals surface area contributed by atoms with Crippen LogP contribution in [0.4, 0.5) is 21.9 Å². The van der Waals surface area contributed by atoms with Crippen LogP contribution in [0.25, 0.3) is 0 Å². The number of nitrogens with one attached hydrogen (secondary N) is 2. The molecule has 10 heteroatoms. The molecule has 42 heavy (non-hydrogen) atoms. The van der Waals surface area contributed by atoms with Gasteiger partial charge in [0.1, 0.15) is 12.4 Å². The Balaban J connectivity index is 1.75. The molecule has 0 spiro atoms. The minimum atomic E-state index is -0.828. The largest absolute Gasteiger partial charge is 0.491 e. The summed E-state index contributed by atoms with van der Waals surface area (Å²) in [6.45, 7) is 3.63. The first-order valence-corrected chi connectivity index (χ1v) is 13.7. The van der Waals surface area contributed by atoms with Crippen LogP contribution in [-0.4, -0.2) is 48.8 Å². The first-order chi connectivity index (χ1) is 20.3. The van der Waals surface area contributed by atoms with E-state index >= 15 is 0 Å². The van der Waals surface area contributed by atoms with Crippen LogP contribution in [0.2, 0.25) is 0 Å². The third kappa shape index (κ3) is 10.1. The van der Waals surface area contributed by atoms with E-state index in [1.54, 1.807) is 78.9 Å². The van der Waals surface area contributed by atoms with Crippen LogP contribution in [0.5, 0.6) is 5.75 Å². The number of hydrogen-bond donors (Lipinski definition) is 4. The van der Waals surface area contributed by atoms with E-state index in [0.29, 0.717) is 53.4 Å². The van der Waals surface area contributed by atoms with Gasteiger partial charge in [-0.15, -0.1) is 0 Å². The van der Waals surface area contributed by atoms with Crippen molar-refractivity contribution in [2.24, 2.45) is 0 Å². The van der Waals surface area contributed by atoms with Gasteiger partial charge in [-0.3, -0.25) is 14.9 Å². The molecule has 0 aromatic heterocycles. The van der Waals surface area contributed by atoms with Gasteiger partial charge in [-0.1, -0.05) is 30.3 Å². The normalized spacial score (nSPS) is 12.4. The molecule has 0 saturated heterocycles. The smallest absolute Gasteiger partial charge is 0.412 e. The monoisotopic (exact) mass is 575 g/mol. The minimum Gasteiger partial charge on any atom is -0.491 e. The molecule has 0 aliphatic carbocycles. The Kier molecular flexibility index (Phi) is 12.6. The molecule has 0 unspecified atom stereocenters. The molecule has 5 N–H and O–H groups in total. The Labute approximate surface area is 245 Å². The number of aliphatic hydroxyl groups is 1. The van der Waals surface area contributed by atoms with Crippen molar-refractivity contribution < 1.29 is 33.7 Å². The van der Waals surface area contributed by atoms with Crippen molar-refractivity contribution in [3.63, 3.8) is 0 Å². The average molecular weight is 576 g/mol. The van der Waals surface area contributed by atoms with Gasteiger partial charge in [0.25, 0.3) is 0 Å². The summed E-state index contributed by atoms with van der Waals surface area (Å²) in [6.07, 6.45) is 1.92. The lowest BCUT2D eigenvalue weighted by molar-refractivity contribution is -0.111. The van der Waals surface area contributed by atoms with Crippen LogP contribution in [0.1, 0.15) is 48.7 Å². The summed E-state index contributed by atoms with van der Waals surface area (Å²) in [4.78, 5) is 37.0. The molecule has 0 bridgehead atoms. The number of Topliss-reactive ketones (excluding diaryl/α,β-unsaturated/α-hetero) is 1. The molecule has 3 aromatic rings. The molecular weight excluding hydrogens is 538 g/mol. The lowest BCUT2D eigenvalue weighted by atomic mass is 10.00. The topological polar surface area (TPSA) is 149 Å². The zero-order valence-corrected chi connectivity index (χ0v) is 23.7. The minimum absolute atomic E-state index is 0.0808. The summed E-state index contributed by atoms with van der Waals surface area (Å²) in [5.41, 5.74) is 8.50. The number of amides is 2. The lowest BCUT2D eigenvalue weighted by Crippen LogP contribution is -2.29. The molecule has 3 aromatic carbocycles. The highest BCUT2D eigenvalue weighted by Gasteiger charge is 2.28. The number of anilines is 3. The van der Waals surface area contributed by atoms with Gasteiger partial charge in [0.15, 0.2) is 11.9 Å². The zero-order valence-electron chi connectivity index (χ0n) is 23.7. The first-order valence-electron chi connectivity index (χ1n) is 13.7. The summed E-state index contributed by atoms with van der Waals surface area (Å²) in [5.74, 6) is 0.0997. The van der Waals surface area contributed by atoms with E-state index in [0.717, 1.165) is 0 Å². The van der Waals surface area contributed by atoms with Gasteiger partial charge in [0, 0.05) is 17.9 Å². The number of rotatable bonds is 15. The fraction of sp³-hybridized carbons (Fsp3) is 0.281. The van der Waals surface area contributed by atoms with Crippen LogP contribution in [0, 0.1) is 0 Å². The zero-order chi connectivity index (χ0) is 30.3. The molecule has 0 radical (unpaired) electrons. The van der Waals surface area contributed by atoms with E-state index in [1.165, 1.54) is 13.0 Å². The van der Waals surface area contributed by atoms with E-state index in [9.17, 15) is 14.4 Å². The fourth-order valence-corrected chi connectivity index (χ4v) is 4.13. The Morgan fingerprint density at radius 2 is 1.76 bits per heavy atom. The van der Waals surface area contributed by atoms with Crippen molar-refractivity contribution in [2.45, 2.75) is 38.9 Å². The molecular formula is C32H37N3O7. The highest BCUT2D eigenvalue weighted by Crippen LogP contribution is 2.30. The number of carbonyl (C=O) groups excluding carboxylic acids is 3. The summed E-state index contributed by atoms with van der Waals surface area (Å²) < 4.78 is 17.5. The number of carbonyl (C=O) groups is 3. The molecule has 2 atom stereocenters. The van der Waals surface area contributed by atoms with Crippen molar-refractivity contribution >= 4 is 34.8 Å². The summed E-state index contributed by atoms with van der Waals surface area (Å²) in [7, 11) is 0. The third-order valence-corrected chi connectivity index (χ3v) is 6.14. The van der Waals surface area contributed by atoms with Crippen molar-refractivity contribution in [3.8, 4) is 5.75 Å². The maximum Gasteiger partial charge on any atom is 0.412 e. The maximum absolute atomic E-state index is 13.0. The maximum atomic E-state index is 13.0. The SMILES string of the molecule is CCO[C@@H](CC/C=C/C(=O)Nc1ccccc1N)[C@@H](OC(=O)Nc1ccc(C(C)=O)cc1)c1cccc(OCCO)c1. The van der Waals surface area contributed by atoms with Crippen LogP contribution >= 0.6 is 0 Å². The van der Waals surface area contributed by atoms with Crippen LogP contribution in [-0.2, 0) is 14.3 Å². The van der Waals surface area contributed by atoms with E-state index in [2.05, 4.69) is 10.6 Å². The number of ketones is 1. The lowest BCUT2D eigenvalue weighted by Gasteiger charge is -2.27. The molecule has 0 aliphatic heterocycles. The molecule has 10 nitrogen and oxygen atoms in total. The second-order valence-corrected chi connectivity index (χ2v) is 9.28.